The molecular weight excluding hydrogens is 296 g/mol. The molecule has 1 aromatic carbocycles. The Bertz CT molecular complexity index is 644. The smallest absolute Gasteiger partial charge is 0.271 e. The molecule has 8 nitrogen and oxygen atoms in total. The van der Waals surface area contributed by atoms with E-state index in [4.69, 9.17) is 11.6 Å². The Hall–Kier alpha value is -2.06. The van der Waals surface area contributed by atoms with Crippen LogP contribution in [0.4, 0.5) is 5.69 Å². The number of nitrogens with zero attached hydrogens (tertiary/aromatic N) is 5. The topological polar surface area (TPSA) is 98.8 Å². The Balaban J connectivity index is 2.41. The summed E-state index contributed by atoms with van der Waals surface area (Å²) in [6.07, 6.45) is 0.976. The number of hydrogen-bond acceptors (Lipinski definition) is 6. The summed E-state index contributed by atoms with van der Waals surface area (Å²) in [5, 5.41) is 26.0. The molecule has 0 aliphatic heterocycles. The van der Waals surface area contributed by atoms with Crippen LogP contribution in [0.2, 0.25) is 5.02 Å². The number of nitrogens with one attached hydrogen (secondary N) is 1. The number of nitro groups is 1. The highest BCUT2D eigenvalue weighted by atomic mass is 35.5. The van der Waals surface area contributed by atoms with E-state index in [0.717, 1.165) is 13.0 Å². The maximum absolute atomic E-state index is 10.9. The second kappa shape index (κ2) is 6.59. The lowest BCUT2D eigenvalue weighted by Gasteiger charge is -2.13. The number of benzene rings is 1. The normalized spacial score (nSPS) is 12.3. The largest absolute Gasteiger partial charge is 0.307 e. The molecule has 0 fully saturated rings. The van der Waals surface area contributed by atoms with Crippen molar-refractivity contribution >= 4 is 17.3 Å². The fourth-order valence-corrected chi connectivity index (χ4v) is 2.06. The zero-order chi connectivity index (χ0) is 15.4. The summed E-state index contributed by atoms with van der Waals surface area (Å²) in [5.41, 5.74) is 0.320. The summed E-state index contributed by atoms with van der Waals surface area (Å²) in [4.78, 5) is 10.4. The standard InChI is InChI=1S/C12H15ClN6O2/c1-3-6-14-8(2)12-15-16-17-18(12)11-7-9(19(20)21)4-5-10(11)13/h4-5,7-8,14H,3,6H2,1-2H3. The number of tetrazole rings is 1. The van der Waals surface area contributed by atoms with Gasteiger partial charge in [-0.3, -0.25) is 10.1 Å². The Kier molecular flexibility index (Phi) is 4.81. The minimum Gasteiger partial charge on any atom is -0.307 e. The first kappa shape index (κ1) is 15.3. The Labute approximate surface area is 126 Å². The summed E-state index contributed by atoms with van der Waals surface area (Å²) in [6.45, 7) is 4.79. The second-order valence-corrected chi connectivity index (χ2v) is 4.92. The van der Waals surface area contributed by atoms with Crippen molar-refractivity contribution in [2.75, 3.05) is 6.54 Å². The third kappa shape index (κ3) is 3.34. The van der Waals surface area contributed by atoms with Crippen molar-refractivity contribution in [1.29, 1.82) is 0 Å². The molecule has 0 saturated carbocycles. The molecule has 0 bridgehead atoms. The van der Waals surface area contributed by atoms with Gasteiger partial charge in [0.15, 0.2) is 5.82 Å². The average molecular weight is 311 g/mol. The van der Waals surface area contributed by atoms with Gasteiger partial charge in [0.1, 0.15) is 0 Å². The van der Waals surface area contributed by atoms with E-state index >= 15 is 0 Å². The predicted molar refractivity (Wildman–Crippen MR) is 77.5 cm³/mol. The number of nitro benzene ring substituents is 1. The van der Waals surface area contributed by atoms with Crippen molar-refractivity contribution in [3.05, 3.63) is 39.2 Å². The third-order valence-corrected chi connectivity index (χ3v) is 3.27. The fourth-order valence-electron chi connectivity index (χ4n) is 1.86. The van der Waals surface area contributed by atoms with Crippen LogP contribution in [0.1, 0.15) is 32.1 Å². The SMILES string of the molecule is CCCNC(C)c1nnnn1-c1cc([N+](=O)[O-])ccc1Cl. The van der Waals surface area contributed by atoms with Crippen molar-refractivity contribution in [2.24, 2.45) is 0 Å². The molecule has 2 aromatic rings. The summed E-state index contributed by atoms with van der Waals surface area (Å²) in [5.74, 6) is 0.547. The van der Waals surface area contributed by atoms with E-state index in [-0.39, 0.29) is 11.7 Å². The lowest BCUT2D eigenvalue weighted by atomic mass is 10.2. The molecule has 1 heterocycles. The van der Waals surface area contributed by atoms with E-state index in [1.54, 1.807) is 0 Å². The number of halogens is 1. The van der Waals surface area contributed by atoms with Gasteiger partial charge in [0.25, 0.3) is 5.69 Å². The maximum Gasteiger partial charge on any atom is 0.271 e. The molecule has 0 saturated heterocycles. The van der Waals surface area contributed by atoms with Crippen LogP contribution < -0.4 is 5.32 Å². The maximum atomic E-state index is 10.9. The zero-order valence-electron chi connectivity index (χ0n) is 11.7. The summed E-state index contributed by atoms with van der Waals surface area (Å²) < 4.78 is 1.42. The van der Waals surface area contributed by atoms with Gasteiger partial charge in [-0.1, -0.05) is 18.5 Å². The van der Waals surface area contributed by atoms with Crippen molar-refractivity contribution in [3.8, 4) is 5.69 Å². The molecule has 2 rings (SSSR count). The van der Waals surface area contributed by atoms with E-state index in [9.17, 15) is 10.1 Å². The van der Waals surface area contributed by atoms with Gasteiger partial charge < -0.3 is 5.32 Å². The summed E-state index contributed by atoms with van der Waals surface area (Å²) >= 11 is 6.11. The molecule has 0 aliphatic carbocycles. The van der Waals surface area contributed by atoms with Crippen LogP contribution in [0.3, 0.4) is 0 Å². The van der Waals surface area contributed by atoms with Gasteiger partial charge in [0.2, 0.25) is 0 Å². The molecular formula is C12H15ClN6O2. The monoisotopic (exact) mass is 310 g/mol. The Morgan fingerprint density at radius 2 is 2.29 bits per heavy atom. The minimum absolute atomic E-state index is 0.0648. The predicted octanol–water partition coefficient (Wildman–Crippen LogP) is 2.28. The van der Waals surface area contributed by atoms with Crippen LogP contribution in [-0.4, -0.2) is 31.7 Å². The highest BCUT2D eigenvalue weighted by Crippen LogP contribution is 2.26. The van der Waals surface area contributed by atoms with Crippen molar-refractivity contribution in [2.45, 2.75) is 26.3 Å². The number of rotatable bonds is 6. The quantitative estimate of drug-likeness (QED) is 0.649. The van der Waals surface area contributed by atoms with Gasteiger partial charge in [0, 0.05) is 12.1 Å². The van der Waals surface area contributed by atoms with Gasteiger partial charge in [-0.15, -0.1) is 5.10 Å². The molecule has 1 atom stereocenters. The van der Waals surface area contributed by atoms with Gasteiger partial charge in [-0.25, -0.2) is 0 Å². The van der Waals surface area contributed by atoms with Crippen molar-refractivity contribution in [3.63, 3.8) is 0 Å². The Morgan fingerprint density at radius 1 is 1.52 bits per heavy atom. The molecule has 0 spiro atoms. The molecule has 0 radical (unpaired) electrons. The van der Waals surface area contributed by atoms with E-state index in [1.807, 2.05) is 6.92 Å². The van der Waals surface area contributed by atoms with Crippen LogP contribution in [0.25, 0.3) is 5.69 Å². The van der Waals surface area contributed by atoms with Gasteiger partial charge in [0.05, 0.1) is 21.7 Å². The van der Waals surface area contributed by atoms with Crippen LogP contribution in [0, 0.1) is 10.1 Å². The van der Waals surface area contributed by atoms with E-state index in [2.05, 4.69) is 27.8 Å². The molecule has 21 heavy (non-hydrogen) atoms. The van der Waals surface area contributed by atoms with Gasteiger partial charge >= 0.3 is 0 Å². The first-order valence-corrected chi connectivity index (χ1v) is 6.88. The first-order chi connectivity index (χ1) is 10.0. The van der Waals surface area contributed by atoms with Crippen molar-refractivity contribution < 1.29 is 4.92 Å². The lowest BCUT2D eigenvalue weighted by Crippen LogP contribution is -2.22. The van der Waals surface area contributed by atoms with Gasteiger partial charge in [-0.2, -0.15) is 4.68 Å². The molecule has 0 aliphatic rings. The minimum atomic E-state index is -0.484. The number of aromatic nitrogens is 4. The molecule has 1 unspecified atom stereocenters. The second-order valence-electron chi connectivity index (χ2n) is 4.52. The number of hydrogen-bond donors (Lipinski definition) is 1. The van der Waals surface area contributed by atoms with E-state index < -0.39 is 4.92 Å². The van der Waals surface area contributed by atoms with Crippen molar-refractivity contribution in [1.82, 2.24) is 25.5 Å². The van der Waals surface area contributed by atoms with Crippen LogP contribution >= 0.6 is 11.6 Å². The summed E-state index contributed by atoms with van der Waals surface area (Å²) in [7, 11) is 0. The Morgan fingerprint density at radius 3 is 2.95 bits per heavy atom. The number of non-ortho nitro benzene ring substituents is 1. The zero-order valence-corrected chi connectivity index (χ0v) is 12.4. The highest BCUT2D eigenvalue weighted by molar-refractivity contribution is 6.32. The molecule has 9 heteroatoms. The van der Waals surface area contributed by atoms with E-state index in [1.165, 1.54) is 22.9 Å². The molecule has 0 amide bonds. The van der Waals surface area contributed by atoms with Crippen LogP contribution in [0.15, 0.2) is 18.2 Å². The third-order valence-electron chi connectivity index (χ3n) is 2.95. The van der Waals surface area contributed by atoms with E-state index in [0.29, 0.717) is 16.5 Å². The fraction of sp³-hybridized carbons (Fsp3) is 0.417. The average Bonchev–Trinajstić information content (AvgIpc) is 2.94. The first-order valence-electron chi connectivity index (χ1n) is 6.50. The highest BCUT2D eigenvalue weighted by Gasteiger charge is 2.19. The van der Waals surface area contributed by atoms with Crippen LogP contribution in [-0.2, 0) is 0 Å². The van der Waals surface area contributed by atoms with Gasteiger partial charge in [-0.05, 0) is 36.4 Å². The molecule has 1 N–H and O–H groups in total. The lowest BCUT2D eigenvalue weighted by molar-refractivity contribution is -0.384. The van der Waals surface area contributed by atoms with Crippen LogP contribution in [0.5, 0.6) is 0 Å². The summed E-state index contributed by atoms with van der Waals surface area (Å²) in [6, 6.07) is 4.06. The molecule has 1 aromatic heterocycles. The molecule has 112 valence electrons.